The van der Waals surface area contributed by atoms with Crippen molar-refractivity contribution in [2.24, 2.45) is 0 Å². The van der Waals surface area contributed by atoms with E-state index in [0.717, 1.165) is 5.56 Å². The predicted molar refractivity (Wildman–Crippen MR) is 58.2 cm³/mol. The van der Waals surface area contributed by atoms with Gasteiger partial charge in [-0.3, -0.25) is 4.79 Å². The third kappa shape index (κ3) is 3.69. The van der Waals surface area contributed by atoms with Crippen molar-refractivity contribution in [1.82, 2.24) is 10.6 Å². The number of hydrogen-bond donors (Lipinski definition) is 3. The first-order valence-corrected chi connectivity index (χ1v) is 4.87. The zero-order valence-electron chi connectivity index (χ0n) is 8.73. The SMILES string of the molecule is CN[C@@H](Cc1ccccc1)C(=O)NCO. The van der Waals surface area contributed by atoms with Gasteiger partial charge in [0.15, 0.2) is 0 Å². The summed E-state index contributed by atoms with van der Waals surface area (Å²) in [6.07, 6.45) is 0.614. The summed E-state index contributed by atoms with van der Waals surface area (Å²) in [5.41, 5.74) is 1.09. The third-order valence-corrected chi connectivity index (χ3v) is 2.20. The molecule has 0 fully saturated rings. The topological polar surface area (TPSA) is 61.4 Å². The van der Waals surface area contributed by atoms with Crippen LogP contribution in [0.2, 0.25) is 0 Å². The van der Waals surface area contributed by atoms with E-state index in [-0.39, 0.29) is 18.7 Å². The first-order chi connectivity index (χ1) is 7.27. The molecular weight excluding hydrogens is 192 g/mol. The Morgan fingerprint density at radius 2 is 2.07 bits per heavy atom. The smallest absolute Gasteiger partial charge is 0.239 e. The monoisotopic (exact) mass is 208 g/mol. The highest BCUT2D eigenvalue weighted by molar-refractivity contribution is 5.81. The fraction of sp³-hybridized carbons (Fsp3) is 0.364. The highest BCUT2D eigenvalue weighted by Gasteiger charge is 2.15. The van der Waals surface area contributed by atoms with Gasteiger partial charge in [-0.2, -0.15) is 0 Å². The van der Waals surface area contributed by atoms with Gasteiger partial charge in [-0.15, -0.1) is 0 Å². The van der Waals surface area contributed by atoms with E-state index >= 15 is 0 Å². The van der Waals surface area contributed by atoms with Gasteiger partial charge in [0.1, 0.15) is 6.73 Å². The number of carbonyl (C=O) groups excluding carboxylic acids is 1. The minimum Gasteiger partial charge on any atom is -0.376 e. The van der Waals surface area contributed by atoms with Crippen molar-refractivity contribution in [1.29, 1.82) is 0 Å². The van der Waals surface area contributed by atoms with Crippen molar-refractivity contribution < 1.29 is 9.90 Å². The zero-order valence-corrected chi connectivity index (χ0v) is 8.73. The Bertz CT molecular complexity index is 301. The molecule has 15 heavy (non-hydrogen) atoms. The molecule has 0 saturated heterocycles. The molecule has 0 radical (unpaired) electrons. The fourth-order valence-electron chi connectivity index (χ4n) is 1.38. The van der Waals surface area contributed by atoms with Gasteiger partial charge in [-0.25, -0.2) is 0 Å². The first-order valence-electron chi connectivity index (χ1n) is 4.87. The minimum atomic E-state index is -0.328. The molecule has 0 aliphatic heterocycles. The quantitative estimate of drug-likeness (QED) is 0.591. The Balaban J connectivity index is 2.58. The second kappa shape index (κ2) is 6.16. The molecule has 0 heterocycles. The minimum absolute atomic E-state index is 0.191. The van der Waals surface area contributed by atoms with Gasteiger partial charge in [-0.1, -0.05) is 30.3 Å². The van der Waals surface area contributed by atoms with Gasteiger partial charge >= 0.3 is 0 Å². The van der Waals surface area contributed by atoms with Crippen molar-refractivity contribution in [2.75, 3.05) is 13.8 Å². The molecule has 4 heteroatoms. The van der Waals surface area contributed by atoms with Crippen LogP contribution in [0.1, 0.15) is 5.56 Å². The normalized spacial score (nSPS) is 12.1. The van der Waals surface area contributed by atoms with E-state index in [2.05, 4.69) is 10.6 Å². The van der Waals surface area contributed by atoms with Crippen molar-refractivity contribution in [3.8, 4) is 0 Å². The van der Waals surface area contributed by atoms with Crippen LogP contribution >= 0.6 is 0 Å². The molecule has 1 aromatic rings. The van der Waals surface area contributed by atoms with Crippen LogP contribution in [-0.4, -0.2) is 30.8 Å². The van der Waals surface area contributed by atoms with Crippen LogP contribution < -0.4 is 10.6 Å². The summed E-state index contributed by atoms with van der Waals surface area (Å²) in [6, 6.07) is 9.44. The van der Waals surface area contributed by atoms with Gasteiger partial charge < -0.3 is 15.7 Å². The maximum Gasteiger partial charge on any atom is 0.239 e. The molecule has 0 aliphatic carbocycles. The molecule has 1 rings (SSSR count). The van der Waals surface area contributed by atoms with Crippen molar-refractivity contribution in [3.63, 3.8) is 0 Å². The van der Waals surface area contributed by atoms with Gasteiger partial charge in [0.25, 0.3) is 0 Å². The lowest BCUT2D eigenvalue weighted by atomic mass is 10.1. The Morgan fingerprint density at radius 3 is 2.60 bits per heavy atom. The number of aliphatic hydroxyl groups excluding tert-OH is 1. The molecule has 0 saturated carbocycles. The van der Waals surface area contributed by atoms with E-state index in [4.69, 9.17) is 5.11 Å². The first kappa shape index (κ1) is 11.7. The summed E-state index contributed by atoms with van der Waals surface area (Å²) < 4.78 is 0. The van der Waals surface area contributed by atoms with E-state index in [1.807, 2.05) is 30.3 Å². The number of aliphatic hydroxyl groups is 1. The summed E-state index contributed by atoms with van der Waals surface area (Å²) >= 11 is 0. The summed E-state index contributed by atoms with van der Waals surface area (Å²) in [7, 11) is 1.73. The zero-order chi connectivity index (χ0) is 11.1. The lowest BCUT2D eigenvalue weighted by Crippen LogP contribution is -2.44. The van der Waals surface area contributed by atoms with Crippen LogP contribution in [-0.2, 0) is 11.2 Å². The molecule has 1 atom stereocenters. The summed E-state index contributed by atoms with van der Waals surface area (Å²) in [4.78, 5) is 11.4. The Labute approximate surface area is 89.3 Å². The average Bonchev–Trinajstić information content (AvgIpc) is 2.27. The van der Waals surface area contributed by atoms with Gasteiger partial charge in [0.2, 0.25) is 5.91 Å². The molecular formula is C11H16N2O2. The molecule has 1 aromatic carbocycles. The highest BCUT2D eigenvalue weighted by atomic mass is 16.3. The third-order valence-electron chi connectivity index (χ3n) is 2.20. The molecule has 82 valence electrons. The molecule has 1 amide bonds. The van der Waals surface area contributed by atoms with Crippen LogP contribution in [0.3, 0.4) is 0 Å². The van der Waals surface area contributed by atoms with Gasteiger partial charge in [-0.05, 0) is 19.0 Å². The van der Waals surface area contributed by atoms with Crippen LogP contribution in [0.4, 0.5) is 0 Å². The second-order valence-corrected chi connectivity index (χ2v) is 3.23. The Morgan fingerprint density at radius 1 is 1.40 bits per heavy atom. The molecule has 0 spiro atoms. The summed E-state index contributed by atoms with van der Waals surface area (Å²) in [6.45, 7) is -0.328. The van der Waals surface area contributed by atoms with Gasteiger partial charge in [0, 0.05) is 0 Å². The number of carbonyl (C=O) groups is 1. The average molecular weight is 208 g/mol. The number of amides is 1. The molecule has 0 aliphatic rings. The van der Waals surface area contributed by atoms with Crippen molar-refractivity contribution in [2.45, 2.75) is 12.5 Å². The standard InChI is InChI=1S/C11H16N2O2/c1-12-10(11(15)13-8-14)7-9-5-3-2-4-6-9/h2-6,10,12,14H,7-8H2,1H3,(H,13,15)/t10-/m0/s1. The Kier molecular flexibility index (Phi) is 4.80. The predicted octanol–water partition coefficient (Wildman–Crippen LogP) is -0.117. The van der Waals surface area contributed by atoms with Crippen LogP contribution in [0.25, 0.3) is 0 Å². The second-order valence-electron chi connectivity index (χ2n) is 3.23. The molecule has 0 unspecified atom stereocenters. The van der Waals surface area contributed by atoms with E-state index in [1.54, 1.807) is 7.05 Å². The Hall–Kier alpha value is -1.39. The van der Waals surface area contributed by atoms with Crippen LogP contribution in [0.15, 0.2) is 30.3 Å². The van der Waals surface area contributed by atoms with E-state index in [0.29, 0.717) is 6.42 Å². The molecule has 4 nitrogen and oxygen atoms in total. The van der Waals surface area contributed by atoms with Crippen molar-refractivity contribution >= 4 is 5.91 Å². The number of benzene rings is 1. The van der Waals surface area contributed by atoms with Crippen molar-refractivity contribution in [3.05, 3.63) is 35.9 Å². The van der Waals surface area contributed by atoms with E-state index in [1.165, 1.54) is 0 Å². The summed E-state index contributed by atoms with van der Waals surface area (Å²) in [5, 5.41) is 13.9. The lowest BCUT2D eigenvalue weighted by molar-refractivity contribution is -0.124. The summed E-state index contributed by atoms with van der Waals surface area (Å²) in [5.74, 6) is -0.191. The maximum absolute atomic E-state index is 11.4. The molecule has 3 N–H and O–H groups in total. The van der Waals surface area contributed by atoms with E-state index < -0.39 is 0 Å². The highest BCUT2D eigenvalue weighted by Crippen LogP contribution is 2.02. The number of nitrogens with one attached hydrogen (secondary N) is 2. The fourth-order valence-corrected chi connectivity index (χ4v) is 1.38. The lowest BCUT2D eigenvalue weighted by Gasteiger charge is -2.14. The number of likely N-dealkylation sites (N-methyl/N-ethyl adjacent to an activating group) is 1. The van der Waals surface area contributed by atoms with E-state index in [9.17, 15) is 4.79 Å². The van der Waals surface area contributed by atoms with Crippen LogP contribution in [0.5, 0.6) is 0 Å². The number of hydrogen-bond acceptors (Lipinski definition) is 3. The maximum atomic E-state index is 11.4. The van der Waals surface area contributed by atoms with Crippen LogP contribution in [0, 0.1) is 0 Å². The largest absolute Gasteiger partial charge is 0.376 e. The molecule has 0 bridgehead atoms. The number of rotatable bonds is 5. The van der Waals surface area contributed by atoms with Gasteiger partial charge in [0.05, 0.1) is 6.04 Å². The molecule has 0 aromatic heterocycles.